The summed E-state index contributed by atoms with van der Waals surface area (Å²) in [5, 5.41) is 14.0. The Hall–Kier alpha value is -3.00. The van der Waals surface area contributed by atoms with Crippen molar-refractivity contribution in [2.45, 2.75) is 19.4 Å². The van der Waals surface area contributed by atoms with Gasteiger partial charge in [-0.05, 0) is 40.8 Å². The number of tetrazole rings is 1. The molecule has 25 heavy (non-hydrogen) atoms. The number of hydrogen-bond acceptors (Lipinski definition) is 6. The van der Waals surface area contributed by atoms with Gasteiger partial charge in [-0.1, -0.05) is 13.0 Å². The van der Waals surface area contributed by atoms with Crippen LogP contribution in [0.25, 0.3) is 5.69 Å². The van der Waals surface area contributed by atoms with Crippen LogP contribution >= 0.6 is 0 Å². The molecule has 130 valence electrons. The first-order valence-electron chi connectivity index (χ1n) is 7.93. The summed E-state index contributed by atoms with van der Waals surface area (Å²) >= 11 is 0. The van der Waals surface area contributed by atoms with Crippen LogP contribution < -0.4 is 5.32 Å². The Bertz CT molecular complexity index is 828. The maximum atomic E-state index is 12.6. The Morgan fingerprint density at radius 2 is 2.24 bits per heavy atom. The van der Waals surface area contributed by atoms with Crippen molar-refractivity contribution in [1.82, 2.24) is 25.5 Å². The molecule has 8 nitrogen and oxygen atoms in total. The number of amides is 1. The molecule has 0 aliphatic carbocycles. The maximum absolute atomic E-state index is 12.6. The van der Waals surface area contributed by atoms with Crippen LogP contribution in [-0.2, 0) is 11.2 Å². The van der Waals surface area contributed by atoms with Gasteiger partial charge in [0.25, 0.3) is 5.91 Å². The van der Waals surface area contributed by atoms with Gasteiger partial charge in [0.05, 0.1) is 12.3 Å². The molecule has 2 heterocycles. The highest BCUT2D eigenvalue weighted by atomic mass is 16.5. The van der Waals surface area contributed by atoms with Crippen molar-refractivity contribution < 1.29 is 13.9 Å². The van der Waals surface area contributed by atoms with E-state index < -0.39 is 0 Å². The van der Waals surface area contributed by atoms with Gasteiger partial charge in [-0.25, -0.2) is 4.68 Å². The highest BCUT2D eigenvalue weighted by Gasteiger charge is 2.19. The van der Waals surface area contributed by atoms with E-state index in [1.54, 1.807) is 25.3 Å². The molecule has 1 atom stereocenters. The van der Waals surface area contributed by atoms with Gasteiger partial charge in [0.15, 0.2) is 0 Å². The zero-order valence-electron chi connectivity index (χ0n) is 14.0. The van der Waals surface area contributed by atoms with Crippen molar-refractivity contribution in [3.05, 3.63) is 59.8 Å². The van der Waals surface area contributed by atoms with Crippen LogP contribution in [0.15, 0.2) is 47.1 Å². The summed E-state index contributed by atoms with van der Waals surface area (Å²) in [4.78, 5) is 12.6. The fourth-order valence-corrected chi connectivity index (χ4v) is 2.44. The lowest BCUT2D eigenvalue weighted by atomic mass is 10.1. The van der Waals surface area contributed by atoms with Gasteiger partial charge >= 0.3 is 0 Å². The fourth-order valence-electron chi connectivity index (χ4n) is 2.44. The van der Waals surface area contributed by atoms with Crippen LogP contribution in [0.1, 0.15) is 34.8 Å². The third-order valence-corrected chi connectivity index (χ3v) is 3.73. The molecule has 0 radical (unpaired) electrons. The molecule has 0 unspecified atom stereocenters. The molecule has 0 saturated heterocycles. The number of nitrogens with one attached hydrogen (secondary N) is 1. The second-order valence-corrected chi connectivity index (χ2v) is 5.44. The lowest BCUT2D eigenvalue weighted by molar-refractivity contribution is 0.0882. The van der Waals surface area contributed by atoms with Crippen LogP contribution in [0, 0.1) is 0 Å². The highest BCUT2D eigenvalue weighted by Crippen LogP contribution is 2.19. The van der Waals surface area contributed by atoms with Gasteiger partial charge < -0.3 is 14.5 Å². The van der Waals surface area contributed by atoms with E-state index in [1.165, 1.54) is 11.0 Å². The average Bonchev–Trinajstić information content (AvgIpc) is 3.33. The van der Waals surface area contributed by atoms with Gasteiger partial charge in [0.2, 0.25) is 0 Å². The second kappa shape index (κ2) is 7.71. The molecule has 1 N–H and O–H groups in total. The largest absolute Gasteiger partial charge is 0.464 e. The Morgan fingerprint density at radius 1 is 1.36 bits per heavy atom. The Kier molecular flexibility index (Phi) is 5.20. The molecule has 2 aromatic heterocycles. The first kappa shape index (κ1) is 16.8. The van der Waals surface area contributed by atoms with Gasteiger partial charge in [0, 0.05) is 19.1 Å². The molecule has 3 rings (SSSR count). The number of nitrogens with zero attached hydrogens (tertiary/aromatic N) is 4. The minimum atomic E-state index is -0.366. The molecule has 1 aromatic carbocycles. The summed E-state index contributed by atoms with van der Waals surface area (Å²) < 4.78 is 12.4. The predicted octanol–water partition coefficient (Wildman–Crippen LogP) is 1.94. The third kappa shape index (κ3) is 3.92. The fraction of sp³-hybridized carbons (Fsp3) is 0.294. The molecular weight excluding hydrogens is 322 g/mol. The summed E-state index contributed by atoms with van der Waals surface area (Å²) in [6, 6.07) is 10.4. The summed E-state index contributed by atoms with van der Waals surface area (Å²) in [6.45, 7) is 2.33. The zero-order valence-corrected chi connectivity index (χ0v) is 14.0. The van der Waals surface area contributed by atoms with Gasteiger partial charge in [-0.15, -0.1) is 5.10 Å². The van der Waals surface area contributed by atoms with Crippen molar-refractivity contribution in [2.75, 3.05) is 13.7 Å². The number of carbonyl (C=O) groups excluding carboxylic acids is 1. The highest BCUT2D eigenvalue weighted by molar-refractivity contribution is 5.95. The first-order valence-corrected chi connectivity index (χ1v) is 7.93. The van der Waals surface area contributed by atoms with Crippen LogP contribution in [0.5, 0.6) is 0 Å². The molecule has 3 aromatic rings. The lowest BCUT2D eigenvalue weighted by Crippen LogP contribution is -2.31. The number of aryl methyl sites for hydroxylation is 1. The van der Waals surface area contributed by atoms with E-state index in [-0.39, 0.29) is 11.9 Å². The molecule has 1 amide bonds. The van der Waals surface area contributed by atoms with E-state index in [4.69, 9.17) is 9.15 Å². The van der Waals surface area contributed by atoms with Crippen molar-refractivity contribution in [2.24, 2.45) is 0 Å². The molecule has 0 aliphatic heterocycles. The van der Waals surface area contributed by atoms with Crippen molar-refractivity contribution in [1.29, 1.82) is 0 Å². The minimum absolute atomic E-state index is 0.230. The topological polar surface area (TPSA) is 95.1 Å². The molecule has 0 bridgehead atoms. The Morgan fingerprint density at radius 3 is 2.92 bits per heavy atom. The van der Waals surface area contributed by atoms with E-state index in [0.29, 0.717) is 23.6 Å². The van der Waals surface area contributed by atoms with Crippen LogP contribution in [0.3, 0.4) is 0 Å². The molecule has 0 spiro atoms. The number of furan rings is 1. The minimum Gasteiger partial charge on any atom is -0.464 e. The summed E-state index contributed by atoms with van der Waals surface area (Å²) in [7, 11) is 1.58. The van der Waals surface area contributed by atoms with E-state index in [2.05, 4.69) is 20.8 Å². The quantitative estimate of drug-likeness (QED) is 0.705. The average molecular weight is 341 g/mol. The summed E-state index contributed by atoms with van der Waals surface area (Å²) in [5.74, 6) is 1.31. The van der Waals surface area contributed by atoms with E-state index in [1.807, 2.05) is 25.1 Å². The normalized spacial score (nSPS) is 12.1. The first-order chi connectivity index (χ1) is 12.2. The van der Waals surface area contributed by atoms with Crippen LogP contribution in [0.4, 0.5) is 0 Å². The number of benzene rings is 1. The summed E-state index contributed by atoms with van der Waals surface area (Å²) in [5.41, 5.74) is 1.20. The molecular formula is C17H19N5O3. The molecule has 0 saturated carbocycles. The summed E-state index contributed by atoms with van der Waals surface area (Å²) in [6.07, 6.45) is 2.27. The Labute approximate surface area is 144 Å². The smallest absolute Gasteiger partial charge is 0.252 e. The van der Waals surface area contributed by atoms with E-state index >= 15 is 0 Å². The van der Waals surface area contributed by atoms with Crippen molar-refractivity contribution >= 4 is 5.91 Å². The van der Waals surface area contributed by atoms with Crippen molar-refractivity contribution in [3.63, 3.8) is 0 Å². The molecule has 0 aliphatic rings. The van der Waals surface area contributed by atoms with Gasteiger partial charge in [-0.2, -0.15) is 0 Å². The van der Waals surface area contributed by atoms with E-state index in [0.717, 1.165) is 12.2 Å². The number of aromatic nitrogens is 4. The number of hydrogen-bond donors (Lipinski definition) is 1. The van der Waals surface area contributed by atoms with Crippen LogP contribution in [0.2, 0.25) is 0 Å². The monoisotopic (exact) mass is 341 g/mol. The number of ether oxygens (including phenoxy) is 1. The number of rotatable bonds is 7. The molecule has 0 fully saturated rings. The standard InChI is InChI=1S/C17H19N5O3/c1-3-14-7-8-16(25-14)15(10-24-2)19-17(23)12-5-4-6-13(9-12)22-11-18-20-21-22/h4-9,11,15H,3,10H2,1-2H3,(H,19,23)/t15-/m1/s1. The number of methoxy groups -OCH3 is 1. The van der Waals surface area contributed by atoms with Gasteiger partial charge in [0.1, 0.15) is 23.9 Å². The van der Waals surface area contributed by atoms with Gasteiger partial charge in [-0.3, -0.25) is 4.79 Å². The SMILES string of the molecule is CCc1ccc([C@@H](COC)NC(=O)c2cccc(-n3cnnn3)c2)o1. The van der Waals surface area contributed by atoms with E-state index in [9.17, 15) is 4.79 Å². The maximum Gasteiger partial charge on any atom is 0.252 e. The second-order valence-electron chi connectivity index (χ2n) is 5.44. The van der Waals surface area contributed by atoms with Crippen molar-refractivity contribution in [3.8, 4) is 5.69 Å². The zero-order chi connectivity index (χ0) is 17.6. The van der Waals surface area contributed by atoms with Crippen LogP contribution in [-0.4, -0.2) is 39.8 Å². The number of carbonyl (C=O) groups is 1. The molecule has 8 heteroatoms. The predicted molar refractivity (Wildman–Crippen MR) is 89.3 cm³/mol. The third-order valence-electron chi connectivity index (χ3n) is 3.73. The Balaban J connectivity index is 1.78. The lowest BCUT2D eigenvalue weighted by Gasteiger charge is -2.16.